The van der Waals surface area contributed by atoms with Crippen molar-refractivity contribution in [2.24, 2.45) is 7.05 Å². The highest BCUT2D eigenvalue weighted by atomic mass is 35.5. The second-order valence-electron chi connectivity index (χ2n) is 9.69. The van der Waals surface area contributed by atoms with Crippen molar-refractivity contribution in [3.8, 4) is 23.0 Å². The number of benzene rings is 1. The number of nitrogens with zero attached hydrogens (tertiary/aromatic N) is 6. The number of carboxylic acids is 1. The monoisotopic (exact) mass is 684 g/mol. The summed E-state index contributed by atoms with van der Waals surface area (Å²) in [5, 5.41) is 24.6. The Morgan fingerprint density at radius 2 is 1.76 bits per heavy atom. The number of nitriles is 1. The van der Waals surface area contributed by atoms with E-state index in [-0.39, 0.29) is 39.2 Å². The summed E-state index contributed by atoms with van der Waals surface area (Å²) in [6.07, 6.45) is -11.5. The number of amides is 1. The first-order chi connectivity index (χ1) is 21.2. The van der Waals surface area contributed by atoms with E-state index in [1.807, 2.05) is 6.07 Å². The number of carbonyl (C=O) groups excluding carboxylic acids is 2. The first kappa shape index (κ1) is 34.0. The van der Waals surface area contributed by atoms with Crippen LogP contribution < -0.4 is 0 Å². The van der Waals surface area contributed by atoms with Crippen molar-refractivity contribution < 1.29 is 64.1 Å². The van der Waals surface area contributed by atoms with Crippen molar-refractivity contribution in [3.05, 3.63) is 52.4 Å². The molecule has 1 fully saturated rings. The molecule has 246 valence electrons. The van der Waals surface area contributed by atoms with Crippen molar-refractivity contribution in [2.75, 3.05) is 13.3 Å². The Bertz CT molecular complexity index is 1740. The summed E-state index contributed by atoms with van der Waals surface area (Å²) in [7, 11) is 0.706. The first-order valence-electron chi connectivity index (χ1n) is 12.4. The third kappa shape index (κ3) is 6.40. The maximum atomic E-state index is 14.1. The molecule has 1 aliphatic carbocycles. The van der Waals surface area contributed by atoms with Gasteiger partial charge in [0.25, 0.3) is 5.91 Å². The van der Waals surface area contributed by atoms with Gasteiger partial charge in [0.1, 0.15) is 11.1 Å². The third-order valence-corrected chi connectivity index (χ3v) is 6.93. The lowest BCUT2D eigenvalue weighted by atomic mass is 10.0. The minimum absolute atomic E-state index is 0.0408. The number of carboxylic acid groups (broad SMARTS) is 1. The molecule has 0 aliphatic heterocycles. The lowest BCUT2D eigenvalue weighted by molar-refractivity contribution is -0.292. The molecule has 1 amide bonds. The molecule has 0 saturated heterocycles. The van der Waals surface area contributed by atoms with Crippen LogP contribution in [-0.4, -0.2) is 72.7 Å². The summed E-state index contributed by atoms with van der Waals surface area (Å²) in [6.45, 7) is -1.91. The standard InChI is InChI=1S/C25H17ClF8N6O6/c1-38-19(17(24(29,30)31)18(37-38)23(27,28)25(32,33)34)40-8-13(7-36-40)12-2-3-15(26)14(6-12)20(43)39(22(10-35)4-5-22)11-46-21(44)45-9-16(41)42/h2-3,6-8H,4-5,9,11H2,1H3,(H,41,42). The Morgan fingerprint density at radius 3 is 2.30 bits per heavy atom. The molecule has 0 radical (unpaired) electrons. The van der Waals surface area contributed by atoms with Crippen LogP contribution in [0.2, 0.25) is 5.02 Å². The minimum Gasteiger partial charge on any atom is -0.479 e. The molecule has 0 unspecified atom stereocenters. The lowest BCUT2D eigenvalue weighted by Gasteiger charge is -2.27. The first-order valence-corrected chi connectivity index (χ1v) is 12.8. The molecule has 1 N–H and O–H groups in total. The zero-order valence-corrected chi connectivity index (χ0v) is 23.5. The predicted octanol–water partition coefficient (Wildman–Crippen LogP) is 5.29. The van der Waals surface area contributed by atoms with E-state index in [9.17, 15) is 54.8 Å². The molecule has 0 atom stereocenters. The highest BCUT2D eigenvalue weighted by molar-refractivity contribution is 6.34. The summed E-state index contributed by atoms with van der Waals surface area (Å²) >= 11 is 6.21. The highest BCUT2D eigenvalue weighted by Crippen LogP contribution is 2.49. The van der Waals surface area contributed by atoms with Crippen LogP contribution in [0.15, 0.2) is 30.6 Å². The van der Waals surface area contributed by atoms with E-state index in [4.69, 9.17) is 21.4 Å². The Kier molecular flexibility index (Phi) is 8.69. The topological polar surface area (TPSA) is 153 Å². The molecular formula is C25H17ClF8N6O6. The molecule has 4 rings (SSSR count). The number of halogens is 9. The van der Waals surface area contributed by atoms with Crippen LogP contribution >= 0.6 is 11.6 Å². The van der Waals surface area contributed by atoms with Crippen LogP contribution in [0.4, 0.5) is 39.9 Å². The second kappa shape index (κ2) is 11.8. The van der Waals surface area contributed by atoms with Crippen LogP contribution in [0.3, 0.4) is 0 Å². The van der Waals surface area contributed by atoms with Gasteiger partial charge in [-0.05, 0) is 30.5 Å². The number of hydrogen-bond acceptors (Lipinski definition) is 8. The van der Waals surface area contributed by atoms with E-state index >= 15 is 0 Å². The zero-order chi connectivity index (χ0) is 34.4. The molecule has 0 spiro atoms. The van der Waals surface area contributed by atoms with Crippen LogP contribution in [0.1, 0.15) is 34.5 Å². The van der Waals surface area contributed by atoms with Gasteiger partial charge in [-0.15, -0.1) is 0 Å². The number of carbonyl (C=O) groups is 3. The Morgan fingerprint density at radius 1 is 1.11 bits per heavy atom. The fourth-order valence-corrected chi connectivity index (χ4v) is 4.41. The summed E-state index contributed by atoms with van der Waals surface area (Å²) in [6, 6.07) is 5.48. The van der Waals surface area contributed by atoms with Gasteiger partial charge in [-0.25, -0.2) is 19.0 Å². The number of aromatic nitrogens is 4. The minimum atomic E-state index is -6.40. The van der Waals surface area contributed by atoms with E-state index in [0.717, 1.165) is 23.4 Å². The molecule has 1 saturated carbocycles. The summed E-state index contributed by atoms with van der Waals surface area (Å²) in [5.41, 5.74) is -6.73. The quantitative estimate of drug-likeness (QED) is 0.180. The fraction of sp³-hybridized carbons (Fsp3) is 0.360. The molecule has 2 heterocycles. The third-order valence-electron chi connectivity index (χ3n) is 6.60. The molecule has 2 aromatic heterocycles. The van der Waals surface area contributed by atoms with Gasteiger partial charge in [0.2, 0.25) is 0 Å². The van der Waals surface area contributed by atoms with Gasteiger partial charge >= 0.3 is 30.4 Å². The van der Waals surface area contributed by atoms with Crippen molar-refractivity contribution in [1.82, 2.24) is 24.5 Å². The van der Waals surface area contributed by atoms with Crippen LogP contribution in [-0.2, 0) is 33.4 Å². The van der Waals surface area contributed by atoms with Gasteiger partial charge in [-0.2, -0.15) is 50.6 Å². The maximum absolute atomic E-state index is 14.1. The average molecular weight is 685 g/mol. The maximum Gasteiger partial charge on any atom is 0.510 e. The molecule has 46 heavy (non-hydrogen) atoms. The Balaban J connectivity index is 1.71. The fourth-order valence-electron chi connectivity index (χ4n) is 4.21. The second-order valence-corrected chi connectivity index (χ2v) is 10.1. The number of hydrogen-bond donors (Lipinski definition) is 1. The van der Waals surface area contributed by atoms with Crippen molar-refractivity contribution in [2.45, 2.75) is 36.7 Å². The zero-order valence-electron chi connectivity index (χ0n) is 22.8. The lowest BCUT2D eigenvalue weighted by Crippen LogP contribution is -2.43. The van der Waals surface area contributed by atoms with E-state index in [2.05, 4.69) is 14.9 Å². The van der Waals surface area contributed by atoms with E-state index in [0.29, 0.717) is 11.7 Å². The van der Waals surface area contributed by atoms with Crippen molar-refractivity contribution >= 4 is 29.6 Å². The van der Waals surface area contributed by atoms with Crippen LogP contribution in [0.25, 0.3) is 16.9 Å². The van der Waals surface area contributed by atoms with Crippen molar-refractivity contribution in [1.29, 1.82) is 5.26 Å². The van der Waals surface area contributed by atoms with Gasteiger partial charge in [0, 0.05) is 18.8 Å². The molecule has 21 heteroatoms. The van der Waals surface area contributed by atoms with Gasteiger partial charge in [0.05, 0.1) is 22.9 Å². The van der Waals surface area contributed by atoms with Gasteiger partial charge in [-0.3, -0.25) is 9.69 Å². The normalized spacial score (nSPS) is 14.4. The van der Waals surface area contributed by atoms with E-state index in [1.165, 1.54) is 12.1 Å². The number of aliphatic carboxylic acids is 1. The molecular weight excluding hydrogens is 668 g/mol. The Hall–Kier alpha value is -4.93. The van der Waals surface area contributed by atoms with Crippen molar-refractivity contribution in [3.63, 3.8) is 0 Å². The van der Waals surface area contributed by atoms with Crippen LogP contribution in [0.5, 0.6) is 0 Å². The SMILES string of the molecule is Cn1nc(C(F)(F)C(F)(F)F)c(C(F)(F)F)c1-n1cc(-c2ccc(Cl)c(C(=O)N(COC(=O)OCC(=O)O)C3(C#N)CC3)c2)cn1. The largest absolute Gasteiger partial charge is 0.510 e. The number of alkyl halides is 8. The van der Waals surface area contributed by atoms with Crippen LogP contribution in [0, 0.1) is 11.3 Å². The van der Waals surface area contributed by atoms with E-state index < -0.39 is 72.3 Å². The smallest absolute Gasteiger partial charge is 0.479 e. The predicted molar refractivity (Wildman–Crippen MR) is 134 cm³/mol. The summed E-state index contributed by atoms with van der Waals surface area (Å²) < 4.78 is 118. The molecule has 3 aromatic rings. The number of rotatable bonds is 9. The average Bonchev–Trinajstić information content (AvgIpc) is 3.42. The molecule has 1 aromatic carbocycles. The molecule has 1 aliphatic rings. The number of aryl methyl sites for hydroxylation is 1. The van der Waals surface area contributed by atoms with Gasteiger partial charge < -0.3 is 14.6 Å². The van der Waals surface area contributed by atoms with E-state index in [1.54, 1.807) is 0 Å². The molecule has 12 nitrogen and oxygen atoms in total. The summed E-state index contributed by atoms with van der Waals surface area (Å²) in [4.78, 5) is 36.7. The van der Waals surface area contributed by atoms with Gasteiger partial charge in [-0.1, -0.05) is 17.7 Å². The molecule has 0 bridgehead atoms. The Labute approximate surface area is 256 Å². The van der Waals surface area contributed by atoms with Gasteiger partial charge in [0.15, 0.2) is 24.8 Å². The summed E-state index contributed by atoms with van der Waals surface area (Å²) in [5.74, 6) is -9.70. The highest BCUT2D eigenvalue weighted by Gasteiger charge is 2.64. The number of ether oxygens (including phenoxy) is 2.